The normalized spacial score (nSPS) is 23.9. The van der Waals surface area contributed by atoms with Gasteiger partial charge in [0.1, 0.15) is 35.3 Å². The zero-order valence-corrected chi connectivity index (χ0v) is 23.4. The minimum absolute atomic E-state index is 0.134. The lowest BCUT2D eigenvalue weighted by atomic mass is 9.94. The summed E-state index contributed by atoms with van der Waals surface area (Å²) in [7, 11) is 0. The van der Waals surface area contributed by atoms with Crippen LogP contribution >= 0.6 is 0 Å². The third kappa shape index (κ3) is 5.65. The molecule has 4 atom stereocenters. The molecule has 9 heteroatoms. The van der Waals surface area contributed by atoms with Crippen LogP contribution in [0, 0.1) is 0 Å². The van der Waals surface area contributed by atoms with E-state index in [1.165, 1.54) is 10.8 Å². The van der Waals surface area contributed by atoms with Gasteiger partial charge >= 0.3 is 0 Å². The van der Waals surface area contributed by atoms with E-state index in [0.29, 0.717) is 17.8 Å². The zero-order chi connectivity index (χ0) is 29.0. The molecule has 3 aromatic carbocycles. The summed E-state index contributed by atoms with van der Waals surface area (Å²) in [4.78, 5) is 4.09. The molecule has 0 aliphatic carbocycles. The van der Waals surface area contributed by atoms with Gasteiger partial charge in [0.15, 0.2) is 5.82 Å². The molecule has 1 unspecified atom stereocenters. The zero-order valence-electron chi connectivity index (χ0n) is 23.4. The van der Waals surface area contributed by atoms with Crippen LogP contribution in [0.15, 0.2) is 109 Å². The number of rotatable bonds is 11. The van der Waals surface area contributed by atoms with Crippen molar-refractivity contribution in [2.75, 3.05) is 12.3 Å². The van der Waals surface area contributed by atoms with Crippen molar-refractivity contribution < 1.29 is 24.1 Å². The Hall–Kier alpha value is -4.12. The van der Waals surface area contributed by atoms with Gasteiger partial charge in [-0.3, -0.25) is 0 Å². The first-order chi connectivity index (χ1) is 20.5. The Kier molecular flexibility index (Phi) is 8.01. The summed E-state index contributed by atoms with van der Waals surface area (Å²) in [6.07, 6.45) is -0.344. The molecule has 0 radical (unpaired) electrons. The first-order valence-corrected chi connectivity index (χ1v) is 13.9. The molecule has 216 valence electrons. The van der Waals surface area contributed by atoms with E-state index in [4.69, 9.17) is 24.7 Å². The number of benzene rings is 3. The molecule has 0 bridgehead atoms. The average molecular weight is 567 g/mol. The second-order valence-electron chi connectivity index (χ2n) is 10.7. The molecule has 6 rings (SSSR count). The number of ether oxygens (including phenoxy) is 4. The molecule has 1 fully saturated rings. The Morgan fingerprint density at radius 2 is 1.33 bits per heavy atom. The number of nitrogen functional groups attached to an aromatic ring is 1. The standard InChI is InChI=1S/C33H34N4O5/c1-32(22-39-19-24-11-5-2-6-12-24)29(40-20-25-13-7-3-8-14-25)30(41-21-26-15-9-4-10-16-26)33(38,42-32)28-18-17-27-31(34)35-23-36-37(27)28/h2-18,23,29-30,38H,19-22H2,1H3,(H2,34,35,36)/t29-,30+,32+,33?/m0/s1. The van der Waals surface area contributed by atoms with Gasteiger partial charge in [-0.1, -0.05) is 91.0 Å². The van der Waals surface area contributed by atoms with E-state index in [1.54, 1.807) is 12.1 Å². The fourth-order valence-corrected chi connectivity index (χ4v) is 5.46. The number of hydrogen-bond donors (Lipinski definition) is 2. The van der Waals surface area contributed by atoms with Crippen molar-refractivity contribution in [2.24, 2.45) is 0 Å². The van der Waals surface area contributed by atoms with Gasteiger partial charge in [0.2, 0.25) is 5.79 Å². The molecule has 1 aliphatic heterocycles. The summed E-state index contributed by atoms with van der Waals surface area (Å²) in [5, 5.41) is 16.9. The molecular weight excluding hydrogens is 532 g/mol. The van der Waals surface area contributed by atoms with E-state index in [2.05, 4.69) is 10.1 Å². The number of nitrogens with zero attached hydrogens (tertiary/aromatic N) is 3. The lowest BCUT2D eigenvalue weighted by Gasteiger charge is -2.31. The van der Waals surface area contributed by atoms with Crippen LogP contribution in [0.5, 0.6) is 0 Å². The number of fused-ring (bicyclic) bond motifs is 1. The van der Waals surface area contributed by atoms with Crippen molar-refractivity contribution in [2.45, 2.75) is 50.3 Å². The Bertz CT molecular complexity index is 1600. The van der Waals surface area contributed by atoms with Crippen LogP contribution < -0.4 is 5.73 Å². The summed E-state index contributed by atoms with van der Waals surface area (Å²) in [5.41, 5.74) is 8.86. The average Bonchev–Trinajstić information content (AvgIpc) is 3.55. The highest BCUT2D eigenvalue weighted by Crippen LogP contribution is 2.47. The first-order valence-electron chi connectivity index (χ1n) is 13.9. The molecule has 3 N–H and O–H groups in total. The topological polar surface area (TPSA) is 113 Å². The van der Waals surface area contributed by atoms with Crippen molar-refractivity contribution >= 4 is 11.3 Å². The predicted octanol–water partition coefficient (Wildman–Crippen LogP) is 4.63. The summed E-state index contributed by atoms with van der Waals surface area (Å²) < 4.78 is 27.5. The molecule has 0 saturated carbocycles. The van der Waals surface area contributed by atoms with E-state index in [-0.39, 0.29) is 25.6 Å². The molecule has 1 aliphatic rings. The van der Waals surface area contributed by atoms with E-state index < -0.39 is 23.6 Å². The van der Waals surface area contributed by atoms with Crippen LogP contribution in [0.1, 0.15) is 29.3 Å². The molecule has 9 nitrogen and oxygen atoms in total. The number of aromatic nitrogens is 3. The van der Waals surface area contributed by atoms with Crippen LogP contribution in [-0.2, 0) is 44.6 Å². The fraction of sp³-hybridized carbons (Fsp3) is 0.273. The van der Waals surface area contributed by atoms with Crippen LogP contribution in [0.3, 0.4) is 0 Å². The molecule has 1 saturated heterocycles. The largest absolute Gasteiger partial charge is 0.382 e. The van der Waals surface area contributed by atoms with E-state index in [9.17, 15) is 5.11 Å². The molecular formula is C33H34N4O5. The van der Waals surface area contributed by atoms with Crippen molar-refractivity contribution in [1.82, 2.24) is 14.6 Å². The van der Waals surface area contributed by atoms with Gasteiger partial charge in [0.25, 0.3) is 0 Å². The third-order valence-electron chi connectivity index (χ3n) is 7.55. The quantitative estimate of drug-likeness (QED) is 0.238. The van der Waals surface area contributed by atoms with Crippen LogP contribution in [-0.4, -0.2) is 44.1 Å². The maximum atomic E-state index is 12.5. The highest BCUT2D eigenvalue weighted by atomic mass is 16.7. The Morgan fingerprint density at radius 3 is 1.93 bits per heavy atom. The summed E-state index contributed by atoms with van der Waals surface area (Å²) in [6.45, 7) is 2.90. The number of hydrogen-bond acceptors (Lipinski definition) is 8. The summed E-state index contributed by atoms with van der Waals surface area (Å²) >= 11 is 0. The highest BCUT2D eigenvalue weighted by molar-refractivity contribution is 5.65. The van der Waals surface area contributed by atoms with Gasteiger partial charge in [0.05, 0.1) is 26.4 Å². The summed E-state index contributed by atoms with van der Waals surface area (Å²) in [6, 6.07) is 33.0. The molecule has 42 heavy (non-hydrogen) atoms. The minimum atomic E-state index is -1.96. The molecule has 0 amide bonds. The fourth-order valence-electron chi connectivity index (χ4n) is 5.46. The maximum absolute atomic E-state index is 12.5. The SMILES string of the molecule is C[C@]1(COCc2ccccc2)OC(O)(c2ccc3c(N)ncnn23)[C@H](OCc2ccccc2)[C@@H]1OCc1ccccc1. The second kappa shape index (κ2) is 12.0. The Labute approximate surface area is 244 Å². The first kappa shape index (κ1) is 28.0. The van der Waals surface area contributed by atoms with Crippen LogP contribution in [0.25, 0.3) is 5.52 Å². The Balaban J connectivity index is 1.37. The monoisotopic (exact) mass is 566 g/mol. The van der Waals surface area contributed by atoms with E-state index in [1.807, 2.05) is 97.9 Å². The molecule has 0 spiro atoms. The predicted molar refractivity (Wildman–Crippen MR) is 157 cm³/mol. The third-order valence-corrected chi connectivity index (χ3v) is 7.55. The Morgan fingerprint density at radius 1 is 0.786 bits per heavy atom. The van der Waals surface area contributed by atoms with Crippen LogP contribution in [0.4, 0.5) is 5.82 Å². The second-order valence-corrected chi connectivity index (χ2v) is 10.7. The number of nitrogens with two attached hydrogens (primary N) is 1. The molecule has 5 aromatic rings. The van der Waals surface area contributed by atoms with Gasteiger partial charge in [-0.25, -0.2) is 9.50 Å². The number of aliphatic hydroxyl groups is 1. The van der Waals surface area contributed by atoms with Gasteiger partial charge < -0.3 is 29.8 Å². The van der Waals surface area contributed by atoms with Crippen molar-refractivity contribution in [3.63, 3.8) is 0 Å². The maximum Gasteiger partial charge on any atom is 0.240 e. The van der Waals surface area contributed by atoms with Gasteiger partial charge in [-0.2, -0.15) is 5.10 Å². The van der Waals surface area contributed by atoms with Crippen molar-refractivity contribution in [3.8, 4) is 0 Å². The van der Waals surface area contributed by atoms with Gasteiger partial charge in [0, 0.05) is 0 Å². The van der Waals surface area contributed by atoms with Gasteiger partial charge in [-0.15, -0.1) is 0 Å². The lowest BCUT2D eigenvalue weighted by Crippen LogP contribution is -2.47. The van der Waals surface area contributed by atoms with E-state index in [0.717, 1.165) is 16.7 Å². The van der Waals surface area contributed by atoms with Crippen molar-refractivity contribution in [1.29, 1.82) is 0 Å². The van der Waals surface area contributed by atoms with Gasteiger partial charge in [-0.05, 0) is 35.7 Å². The van der Waals surface area contributed by atoms with Crippen molar-refractivity contribution in [3.05, 3.63) is 132 Å². The summed E-state index contributed by atoms with van der Waals surface area (Å²) in [5.74, 6) is -1.68. The van der Waals surface area contributed by atoms with Crippen LogP contribution in [0.2, 0.25) is 0 Å². The number of anilines is 1. The molecule has 3 heterocycles. The lowest BCUT2D eigenvalue weighted by molar-refractivity contribution is -0.273. The smallest absolute Gasteiger partial charge is 0.240 e. The van der Waals surface area contributed by atoms with E-state index >= 15 is 0 Å². The minimum Gasteiger partial charge on any atom is -0.382 e. The molecule has 2 aromatic heterocycles. The highest BCUT2D eigenvalue weighted by Gasteiger charge is 2.64.